The highest BCUT2D eigenvalue weighted by Gasteiger charge is 2.44. The molecule has 1 aliphatic heterocycles. The number of carbonyl (C=O) groups excluding carboxylic acids is 1. The molecule has 1 amide bonds. The molecule has 20 heavy (non-hydrogen) atoms. The number of piperidine rings is 1. The smallest absolute Gasteiger partial charge is 0.345 e. The minimum atomic E-state index is -4.24. The number of nitrogens with one attached hydrogen (secondary N) is 1. The van der Waals surface area contributed by atoms with E-state index in [2.05, 4.69) is 20.0 Å². The Hall–Kier alpha value is -1.64. The Morgan fingerprint density at radius 3 is 2.65 bits per heavy atom. The predicted octanol–water partition coefficient (Wildman–Crippen LogP) is 1.13. The summed E-state index contributed by atoms with van der Waals surface area (Å²) >= 11 is 0. The molecule has 0 aliphatic carbocycles. The molecule has 6 nitrogen and oxygen atoms in total. The Morgan fingerprint density at radius 1 is 1.45 bits per heavy atom. The summed E-state index contributed by atoms with van der Waals surface area (Å²) in [5.74, 6) is -0.387. The van der Waals surface area contributed by atoms with Crippen LogP contribution < -0.4 is 5.32 Å². The van der Waals surface area contributed by atoms with E-state index in [-0.39, 0.29) is 37.1 Å². The zero-order valence-electron chi connectivity index (χ0n) is 11.1. The van der Waals surface area contributed by atoms with Gasteiger partial charge in [0.25, 0.3) is 11.7 Å². The van der Waals surface area contributed by atoms with Crippen LogP contribution in [0.4, 0.5) is 13.2 Å². The standard InChI is InChI=1S/C11H15F3N4O2/c1-6-15-9(17-20-6)10(19)16-7-3-4-8(11(12,13)14)18(2)5-7/h7-8H,3-5H2,1-2H3,(H,16,19)/t7-,8-/m0/s1. The van der Waals surface area contributed by atoms with Crippen LogP contribution in [0.3, 0.4) is 0 Å². The van der Waals surface area contributed by atoms with Gasteiger partial charge in [0.2, 0.25) is 5.89 Å². The molecular weight excluding hydrogens is 277 g/mol. The first-order chi connectivity index (χ1) is 9.27. The zero-order valence-corrected chi connectivity index (χ0v) is 11.1. The fourth-order valence-electron chi connectivity index (χ4n) is 2.32. The van der Waals surface area contributed by atoms with Gasteiger partial charge in [-0.05, 0) is 19.9 Å². The third-order valence-electron chi connectivity index (χ3n) is 3.27. The minimum absolute atomic E-state index is 0.0454. The molecule has 0 bridgehead atoms. The maximum Gasteiger partial charge on any atom is 0.404 e. The van der Waals surface area contributed by atoms with E-state index in [0.717, 1.165) is 0 Å². The number of likely N-dealkylation sites (tertiary alicyclic amines) is 1. The van der Waals surface area contributed by atoms with Gasteiger partial charge in [-0.25, -0.2) is 0 Å². The monoisotopic (exact) mass is 292 g/mol. The van der Waals surface area contributed by atoms with Gasteiger partial charge >= 0.3 is 6.18 Å². The molecule has 1 saturated heterocycles. The van der Waals surface area contributed by atoms with Gasteiger partial charge in [-0.15, -0.1) is 0 Å². The molecule has 112 valence electrons. The predicted molar refractivity (Wildman–Crippen MR) is 62.0 cm³/mol. The molecule has 0 saturated carbocycles. The average molecular weight is 292 g/mol. The number of hydrogen-bond acceptors (Lipinski definition) is 5. The van der Waals surface area contributed by atoms with Crippen molar-refractivity contribution in [1.82, 2.24) is 20.4 Å². The van der Waals surface area contributed by atoms with Gasteiger partial charge in [-0.1, -0.05) is 5.16 Å². The van der Waals surface area contributed by atoms with Crippen LogP contribution in [0.25, 0.3) is 0 Å². The summed E-state index contributed by atoms with van der Waals surface area (Å²) in [6.45, 7) is 1.68. The number of nitrogens with zero attached hydrogens (tertiary/aromatic N) is 3. The first-order valence-electron chi connectivity index (χ1n) is 6.15. The summed E-state index contributed by atoms with van der Waals surface area (Å²) in [7, 11) is 1.40. The normalized spacial score (nSPS) is 24.6. The lowest BCUT2D eigenvalue weighted by Gasteiger charge is -2.38. The van der Waals surface area contributed by atoms with E-state index < -0.39 is 18.1 Å². The number of halogens is 3. The van der Waals surface area contributed by atoms with E-state index in [0.29, 0.717) is 0 Å². The Kier molecular flexibility index (Phi) is 3.98. The fraction of sp³-hybridized carbons (Fsp3) is 0.727. The second kappa shape index (κ2) is 5.39. The molecule has 9 heteroatoms. The third kappa shape index (κ3) is 3.27. The maximum atomic E-state index is 12.7. The first kappa shape index (κ1) is 14.8. The molecule has 2 heterocycles. The van der Waals surface area contributed by atoms with Crippen molar-refractivity contribution in [3.05, 3.63) is 11.7 Å². The topological polar surface area (TPSA) is 71.3 Å². The van der Waals surface area contributed by atoms with Gasteiger partial charge in [0.05, 0.1) is 0 Å². The van der Waals surface area contributed by atoms with Crippen LogP contribution in [0.2, 0.25) is 0 Å². The SMILES string of the molecule is Cc1nc(C(=O)N[C@H]2CC[C@@H](C(F)(F)F)N(C)C2)no1. The summed E-state index contributed by atoms with van der Waals surface area (Å²) in [5.41, 5.74) is 0. The number of aryl methyl sites for hydroxylation is 1. The number of aromatic nitrogens is 2. The van der Waals surface area contributed by atoms with Gasteiger partial charge in [0.1, 0.15) is 6.04 Å². The lowest BCUT2D eigenvalue weighted by Crippen LogP contribution is -2.54. The van der Waals surface area contributed by atoms with Gasteiger partial charge in [0, 0.05) is 19.5 Å². The third-order valence-corrected chi connectivity index (χ3v) is 3.27. The van der Waals surface area contributed by atoms with Crippen molar-refractivity contribution >= 4 is 5.91 Å². The lowest BCUT2D eigenvalue weighted by molar-refractivity contribution is -0.188. The summed E-state index contributed by atoms with van der Waals surface area (Å²) < 4.78 is 42.7. The lowest BCUT2D eigenvalue weighted by atomic mass is 9.98. The maximum absolute atomic E-state index is 12.7. The second-order valence-corrected chi connectivity index (χ2v) is 4.88. The van der Waals surface area contributed by atoms with Crippen molar-refractivity contribution in [3.8, 4) is 0 Å². The van der Waals surface area contributed by atoms with Crippen molar-refractivity contribution in [3.63, 3.8) is 0 Å². The van der Waals surface area contributed by atoms with Gasteiger partial charge in [-0.3, -0.25) is 9.69 Å². The Morgan fingerprint density at radius 2 is 2.15 bits per heavy atom. The summed E-state index contributed by atoms with van der Waals surface area (Å²) in [5, 5.41) is 6.08. The Labute approximate surface area is 113 Å². The number of hydrogen-bond donors (Lipinski definition) is 1. The molecule has 0 aromatic carbocycles. The molecule has 1 aromatic heterocycles. The highest BCUT2D eigenvalue weighted by molar-refractivity contribution is 5.90. The highest BCUT2D eigenvalue weighted by atomic mass is 19.4. The fourth-order valence-corrected chi connectivity index (χ4v) is 2.32. The van der Waals surface area contributed by atoms with Crippen molar-refractivity contribution in [1.29, 1.82) is 0 Å². The Bertz CT molecular complexity index is 488. The number of carbonyl (C=O) groups is 1. The van der Waals surface area contributed by atoms with Crippen LogP contribution in [0.1, 0.15) is 29.4 Å². The molecule has 2 atom stereocenters. The van der Waals surface area contributed by atoms with E-state index in [4.69, 9.17) is 0 Å². The van der Waals surface area contributed by atoms with E-state index in [1.54, 1.807) is 6.92 Å². The molecule has 1 fully saturated rings. The number of alkyl halides is 3. The quantitative estimate of drug-likeness (QED) is 0.885. The van der Waals surface area contributed by atoms with Gasteiger partial charge < -0.3 is 9.84 Å². The summed E-state index contributed by atoms with van der Waals surface area (Å²) in [6.07, 6.45) is -4.03. The van der Waals surface area contributed by atoms with Gasteiger partial charge in [-0.2, -0.15) is 18.2 Å². The Balaban J connectivity index is 1.92. The highest BCUT2D eigenvalue weighted by Crippen LogP contribution is 2.30. The molecule has 1 aromatic rings. The van der Waals surface area contributed by atoms with E-state index in [1.165, 1.54) is 11.9 Å². The van der Waals surface area contributed by atoms with Crippen LogP contribution in [0, 0.1) is 6.92 Å². The number of rotatable bonds is 2. The van der Waals surface area contributed by atoms with Crippen molar-refractivity contribution in [2.75, 3.05) is 13.6 Å². The van der Waals surface area contributed by atoms with Gasteiger partial charge in [0.15, 0.2) is 0 Å². The largest absolute Gasteiger partial charge is 0.404 e. The molecule has 1 aliphatic rings. The van der Waals surface area contributed by atoms with Crippen LogP contribution in [-0.4, -0.2) is 52.8 Å². The molecule has 0 radical (unpaired) electrons. The number of likely N-dealkylation sites (N-methyl/N-ethyl adjacent to an activating group) is 1. The molecule has 1 N–H and O–H groups in total. The van der Waals surface area contributed by atoms with Crippen molar-refractivity contribution < 1.29 is 22.5 Å². The van der Waals surface area contributed by atoms with E-state index in [9.17, 15) is 18.0 Å². The van der Waals surface area contributed by atoms with Crippen LogP contribution in [0.15, 0.2) is 4.52 Å². The summed E-state index contributed by atoms with van der Waals surface area (Å²) in [6, 6.07) is -1.81. The second-order valence-electron chi connectivity index (χ2n) is 4.88. The molecule has 0 spiro atoms. The molecule has 0 unspecified atom stereocenters. The zero-order chi connectivity index (χ0) is 14.9. The minimum Gasteiger partial charge on any atom is -0.345 e. The molecular formula is C11H15F3N4O2. The van der Waals surface area contributed by atoms with Crippen LogP contribution in [0.5, 0.6) is 0 Å². The van der Waals surface area contributed by atoms with E-state index >= 15 is 0 Å². The summed E-state index contributed by atoms with van der Waals surface area (Å²) in [4.78, 5) is 16.7. The molecule has 2 rings (SSSR count). The van der Waals surface area contributed by atoms with Crippen molar-refractivity contribution in [2.45, 2.75) is 38.0 Å². The van der Waals surface area contributed by atoms with Crippen molar-refractivity contribution in [2.24, 2.45) is 0 Å². The van der Waals surface area contributed by atoms with E-state index in [1.807, 2.05) is 0 Å². The van der Waals surface area contributed by atoms with Crippen LogP contribution in [-0.2, 0) is 0 Å². The average Bonchev–Trinajstić information content (AvgIpc) is 2.74. The number of amides is 1. The van der Waals surface area contributed by atoms with Crippen LogP contribution >= 0.6 is 0 Å². The first-order valence-corrected chi connectivity index (χ1v) is 6.15.